The summed E-state index contributed by atoms with van der Waals surface area (Å²) in [4.78, 5) is 14.1. The van der Waals surface area contributed by atoms with Gasteiger partial charge in [0.15, 0.2) is 0 Å². The average Bonchev–Trinajstić information content (AvgIpc) is 2.76. The summed E-state index contributed by atoms with van der Waals surface area (Å²) in [5.74, 6) is -0.610. The quantitative estimate of drug-likeness (QED) is 0.743. The molecule has 1 aliphatic rings. The molecule has 1 heterocycles. The molecule has 100 valence electrons. The molecule has 1 atom stereocenters. The number of nitrogens with zero attached hydrogens (tertiary/aromatic N) is 1. The molecule has 1 saturated heterocycles. The highest BCUT2D eigenvalue weighted by molar-refractivity contribution is 5.79. The number of hydrogen-bond acceptors (Lipinski definition) is 2. The summed E-state index contributed by atoms with van der Waals surface area (Å²) < 4.78 is 0. The maximum Gasteiger partial charge on any atom is 0.324 e. The van der Waals surface area contributed by atoms with Gasteiger partial charge in [0, 0.05) is 6.04 Å². The van der Waals surface area contributed by atoms with Crippen molar-refractivity contribution < 1.29 is 9.90 Å². The van der Waals surface area contributed by atoms with Crippen LogP contribution in [0.15, 0.2) is 0 Å². The van der Waals surface area contributed by atoms with Gasteiger partial charge in [0.1, 0.15) is 5.54 Å². The Balaban J connectivity index is 2.97. The van der Waals surface area contributed by atoms with Crippen molar-refractivity contribution in [2.24, 2.45) is 0 Å². The lowest BCUT2D eigenvalue weighted by atomic mass is 9.85. The van der Waals surface area contributed by atoms with E-state index in [4.69, 9.17) is 0 Å². The highest BCUT2D eigenvalue weighted by Gasteiger charge is 2.46. The fourth-order valence-corrected chi connectivity index (χ4v) is 3.40. The van der Waals surface area contributed by atoms with Crippen molar-refractivity contribution in [2.45, 2.75) is 77.3 Å². The Morgan fingerprint density at radius 3 is 2.29 bits per heavy atom. The first-order valence-corrected chi connectivity index (χ1v) is 7.12. The van der Waals surface area contributed by atoms with Gasteiger partial charge < -0.3 is 5.11 Å². The summed E-state index contributed by atoms with van der Waals surface area (Å²) in [5.41, 5.74) is -0.597. The van der Waals surface area contributed by atoms with Crippen LogP contribution in [0.2, 0.25) is 0 Å². The zero-order valence-corrected chi connectivity index (χ0v) is 11.5. The zero-order chi connectivity index (χ0) is 12.9. The number of rotatable bonds is 7. The second-order valence-electron chi connectivity index (χ2n) is 5.23. The highest BCUT2D eigenvalue weighted by atomic mass is 16.4. The number of carboxylic acids is 1. The van der Waals surface area contributed by atoms with Crippen LogP contribution in [0.25, 0.3) is 0 Å². The zero-order valence-electron chi connectivity index (χ0n) is 11.5. The van der Waals surface area contributed by atoms with E-state index in [0.29, 0.717) is 6.04 Å². The average molecular weight is 241 g/mol. The summed E-state index contributed by atoms with van der Waals surface area (Å²) in [5, 5.41) is 9.72. The third kappa shape index (κ3) is 2.82. The van der Waals surface area contributed by atoms with Gasteiger partial charge in [-0.2, -0.15) is 0 Å². The van der Waals surface area contributed by atoms with Crippen molar-refractivity contribution in [3.8, 4) is 0 Å². The maximum absolute atomic E-state index is 11.8. The number of aliphatic carboxylic acids is 1. The SMILES string of the molecule is CCCC(CCC)(C(=O)O)N1CCCC1CC. The van der Waals surface area contributed by atoms with Crippen LogP contribution < -0.4 is 0 Å². The predicted octanol–water partition coefficient (Wildman–Crippen LogP) is 3.28. The van der Waals surface area contributed by atoms with Crippen LogP contribution in [0.3, 0.4) is 0 Å². The molecule has 0 amide bonds. The van der Waals surface area contributed by atoms with Crippen LogP contribution in [0, 0.1) is 0 Å². The van der Waals surface area contributed by atoms with E-state index in [1.165, 1.54) is 6.42 Å². The molecular formula is C14H27NO2. The smallest absolute Gasteiger partial charge is 0.324 e. The Labute approximate surface area is 105 Å². The Morgan fingerprint density at radius 1 is 1.29 bits per heavy atom. The third-order valence-electron chi connectivity index (χ3n) is 4.12. The van der Waals surface area contributed by atoms with Crippen molar-refractivity contribution in [3.05, 3.63) is 0 Å². The molecule has 1 N–H and O–H groups in total. The van der Waals surface area contributed by atoms with E-state index in [9.17, 15) is 9.90 Å². The van der Waals surface area contributed by atoms with E-state index in [1.54, 1.807) is 0 Å². The standard InChI is InChI=1S/C14H27NO2/c1-4-9-14(10-5-2,13(16)17)15-11-7-8-12(15)6-3/h12H,4-11H2,1-3H3,(H,16,17). The van der Waals surface area contributed by atoms with Crippen LogP contribution in [0.1, 0.15) is 65.7 Å². The van der Waals surface area contributed by atoms with Crippen LogP contribution in [-0.2, 0) is 4.79 Å². The molecule has 0 radical (unpaired) electrons. The molecule has 0 aromatic carbocycles. The van der Waals surface area contributed by atoms with Crippen LogP contribution in [-0.4, -0.2) is 34.1 Å². The summed E-state index contributed by atoms with van der Waals surface area (Å²) >= 11 is 0. The molecule has 1 rings (SSSR count). The minimum atomic E-state index is -0.610. The fourth-order valence-electron chi connectivity index (χ4n) is 3.40. The lowest BCUT2D eigenvalue weighted by Gasteiger charge is -2.41. The molecule has 0 bridgehead atoms. The minimum Gasteiger partial charge on any atom is -0.480 e. The van der Waals surface area contributed by atoms with Gasteiger partial charge in [0.25, 0.3) is 0 Å². The van der Waals surface area contributed by atoms with Gasteiger partial charge in [0.2, 0.25) is 0 Å². The fraction of sp³-hybridized carbons (Fsp3) is 0.929. The normalized spacial score (nSPS) is 21.9. The Bertz CT molecular complexity index is 247. The second-order valence-corrected chi connectivity index (χ2v) is 5.23. The second kappa shape index (κ2) is 6.39. The van der Waals surface area contributed by atoms with Gasteiger partial charge in [-0.05, 0) is 38.6 Å². The van der Waals surface area contributed by atoms with Crippen LogP contribution in [0.5, 0.6) is 0 Å². The van der Waals surface area contributed by atoms with Gasteiger partial charge in [-0.15, -0.1) is 0 Å². The molecule has 3 nitrogen and oxygen atoms in total. The molecule has 3 heteroatoms. The summed E-state index contributed by atoms with van der Waals surface area (Å²) in [6, 6.07) is 0.476. The minimum absolute atomic E-state index is 0.476. The molecule has 1 fully saturated rings. The summed E-state index contributed by atoms with van der Waals surface area (Å²) in [6.07, 6.45) is 6.85. The number of hydrogen-bond donors (Lipinski definition) is 1. The summed E-state index contributed by atoms with van der Waals surface area (Å²) in [7, 11) is 0. The molecule has 0 spiro atoms. The van der Waals surface area contributed by atoms with E-state index in [2.05, 4.69) is 25.7 Å². The largest absolute Gasteiger partial charge is 0.480 e. The van der Waals surface area contributed by atoms with Crippen LogP contribution in [0.4, 0.5) is 0 Å². The van der Waals surface area contributed by atoms with E-state index in [1.807, 2.05) is 0 Å². The molecule has 1 aliphatic heterocycles. The van der Waals surface area contributed by atoms with Gasteiger partial charge in [-0.25, -0.2) is 0 Å². The Kier molecular flexibility index (Phi) is 5.44. The van der Waals surface area contributed by atoms with E-state index in [-0.39, 0.29) is 0 Å². The molecule has 0 saturated carbocycles. The summed E-state index contributed by atoms with van der Waals surface area (Å²) in [6.45, 7) is 7.31. The van der Waals surface area contributed by atoms with E-state index in [0.717, 1.165) is 45.1 Å². The number of likely N-dealkylation sites (tertiary alicyclic amines) is 1. The van der Waals surface area contributed by atoms with Gasteiger partial charge in [-0.3, -0.25) is 9.69 Å². The number of carbonyl (C=O) groups is 1. The van der Waals surface area contributed by atoms with Crippen molar-refractivity contribution in [2.75, 3.05) is 6.54 Å². The van der Waals surface area contributed by atoms with Crippen molar-refractivity contribution in [3.63, 3.8) is 0 Å². The monoisotopic (exact) mass is 241 g/mol. The Hall–Kier alpha value is -0.570. The van der Waals surface area contributed by atoms with Gasteiger partial charge in [-0.1, -0.05) is 33.6 Å². The van der Waals surface area contributed by atoms with E-state index >= 15 is 0 Å². The lowest BCUT2D eigenvalue weighted by Crippen LogP contribution is -2.56. The lowest BCUT2D eigenvalue weighted by molar-refractivity contribution is -0.154. The molecule has 0 aliphatic carbocycles. The third-order valence-corrected chi connectivity index (χ3v) is 4.12. The van der Waals surface area contributed by atoms with Crippen molar-refractivity contribution in [1.82, 2.24) is 4.90 Å². The molecular weight excluding hydrogens is 214 g/mol. The molecule has 0 aromatic rings. The first-order valence-electron chi connectivity index (χ1n) is 7.12. The first kappa shape index (κ1) is 14.5. The molecule has 0 aromatic heterocycles. The van der Waals surface area contributed by atoms with Gasteiger partial charge in [0.05, 0.1) is 0 Å². The van der Waals surface area contributed by atoms with Crippen LogP contribution >= 0.6 is 0 Å². The van der Waals surface area contributed by atoms with Crippen molar-refractivity contribution >= 4 is 5.97 Å². The topological polar surface area (TPSA) is 40.5 Å². The predicted molar refractivity (Wildman–Crippen MR) is 70.2 cm³/mol. The van der Waals surface area contributed by atoms with Crippen molar-refractivity contribution in [1.29, 1.82) is 0 Å². The van der Waals surface area contributed by atoms with E-state index < -0.39 is 11.5 Å². The maximum atomic E-state index is 11.8. The van der Waals surface area contributed by atoms with Gasteiger partial charge >= 0.3 is 5.97 Å². The Morgan fingerprint density at radius 2 is 1.88 bits per heavy atom. The first-order chi connectivity index (χ1) is 8.12. The highest BCUT2D eigenvalue weighted by Crippen LogP contribution is 2.35. The molecule has 17 heavy (non-hydrogen) atoms. The number of carboxylic acid groups (broad SMARTS) is 1. The molecule has 1 unspecified atom stereocenters.